The van der Waals surface area contributed by atoms with E-state index in [0.717, 1.165) is 38.2 Å². The summed E-state index contributed by atoms with van der Waals surface area (Å²) in [6.07, 6.45) is -3.47. The third kappa shape index (κ3) is 6.61. The first-order valence-electron chi connectivity index (χ1n) is 14.3. The van der Waals surface area contributed by atoms with E-state index in [1.54, 1.807) is 18.2 Å². The lowest BCUT2D eigenvalue weighted by Gasteiger charge is -2.26. The average Bonchev–Trinajstić information content (AvgIpc) is 3.30. The number of methoxy groups -OCH3 is 1. The van der Waals surface area contributed by atoms with Crippen molar-refractivity contribution in [1.82, 2.24) is 4.57 Å². The standard InChI is InChI=1S/C34H30ClF3N2O5S/c1-6-44-32(42)28-29(22-8-10-23(35)11-9-22)40-31(41)27(46-33(40)39-30(28)34(36,37)38)16-21-7-12-25(26(15-21)43-5)45-17-24-19(3)13-18(2)14-20(24)4/h7-16,29H,6,17H2,1-5H3/b27-16-/t29-/m1/s1. The molecule has 0 fully saturated rings. The Morgan fingerprint density at radius 3 is 2.33 bits per heavy atom. The molecule has 0 amide bonds. The quantitative estimate of drug-likeness (QED) is 0.200. The summed E-state index contributed by atoms with van der Waals surface area (Å²) in [6, 6.07) is 13.7. The van der Waals surface area contributed by atoms with Crippen molar-refractivity contribution >= 4 is 35.0 Å². The lowest BCUT2D eigenvalue weighted by atomic mass is 9.95. The molecule has 0 bridgehead atoms. The molecule has 1 aliphatic rings. The van der Waals surface area contributed by atoms with Crippen LogP contribution in [0, 0.1) is 20.8 Å². The molecule has 1 aromatic heterocycles. The molecule has 4 aromatic rings. The fourth-order valence-electron chi connectivity index (χ4n) is 5.43. The van der Waals surface area contributed by atoms with Gasteiger partial charge in [-0.15, -0.1) is 0 Å². The molecule has 46 heavy (non-hydrogen) atoms. The van der Waals surface area contributed by atoms with Crippen LogP contribution in [0.5, 0.6) is 11.5 Å². The first-order chi connectivity index (χ1) is 21.8. The van der Waals surface area contributed by atoms with E-state index in [9.17, 15) is 22.8 Å². The predicted octanol–water partition coefficient (Wildman–Crippen LogP) is 6.51. The van der Waals surface area contributed by atoms with Crippen molar-refractivity contribution in [2.45, 2.75) is 46.5 Å². The first kappa shape index (κ1) is 33.0. The highest BCUT2D eigenvalue weighted by Gasteiger charge is 2.45. The summed E-state index contributed by atoms with van der Waals surface area (Å²) in [5.74, 6) is -0.326. The Morgan fingerprint density at radius 2 is 1.72 bits per heavy atom. The molecule has 240 valence electrons. The Morgan fingerprint density at radius 1 is 1.04 bits per heavy atom. The number of carbonyl (C=O) groups is 1. The highest BCUT2D eigenvalue weighted by molar-refractivity contribution is 7.07. The number of hydrogen-bond acceptors (Lipinski definition) is 7. The van der Waals surface area contributed by atoms with Gasteiger partial charge in [-0.05, 0) is 85.9 Å². The Balaban J connectivity index is 1.60. The van der Waals surface area contributed by atoms with Gasteiger partial charge in [0.15, 0.2) is 22.0 Å². The monoisotopic (exact) mass is 670 g/mol. The lowest BCUT2D eigenvalue weighted by Crippen LogP contribution is -2.41. The number of aromatic nitrogens is 1. The Labute approximate surface area is 271 Å². The molecule has 5 rings (SSSR count). The van der Waals surface area contributed by atoms with E-state index in [-0.39, 0.29) is 21.5 Å². The number of nitrogens with zero attached hydrogens (tertiary/aromatic N) is 2. The van der Waals surface area contributed by atoms with Crippen molar-refractivity contribution < 1.29 is 32.2 Å². The van der Waals surface area contributed by atoms with Crippen LogP contribution in [-0.4, -0.2) is 30.4 Å². The Kier molecular flexibility index (Phi) is 9.46. The van der Waals surface area contributed by atoms with E-state index in [0.29, 0.717) is 28.7 Å². The molecule has 1 aliphatic heterocycles. The molecule has 1 atom stereocenters. The lowest BCUT2D eigenvalue weighted by molar-refractivity contribution is -0.140. The molecule has 7 nitrogen and oxygen atoms in total. The number of alkyl halides is 3. The van der Waals surface area contributed by atoms with Crippen LogP contribution in [0.25, 0.3) is 6.08 Å². The number of carbonyl (C=O) groups excluding carboxylic acids is 1. The smallest absolute Gasteiger partial charge is 0.434 e. The second kappa shape index (κ2) is 13.2. The van der Waals surface area contributed by atoms with E-state index in [2.05, 4.69) is 17.1 Å². The average molecular weight is 671 g/mol. The Bertz CT molecular complexity index is 2010. The molecule has 0 unspecified atom stereocenters. The number of aryl methyl sites for hydroxylation is 3. The molecule has 3 aromatic carbocycles. The van der Waals surface area contributed by atoms with E-state index in [1.165, 1.54) is 44.4 Å². The highest BCUT2D eigenvalue weighted by atomic mass is 35.5. The van der Waals surface area contributed by atoms with Gasteiger partial charge >= 0.3 is 12.1 Å². The first-order valence-corrected chi connectivity index (χ1v) is 15.4. The molecule has 0 aliphatic carbocycles. The molecule has 0 saturated heterocycles. The number of hydrogen-bond donors (Lipinski definition) is 0. The largest absolute Gasteiger partial charge is 0.493 e. The van der Waals surface area contributed by atoms with E-state index >= 15 is 0 Å². The third-order valence-electron chi connectivity index (χ3n) is 7.48. The summed E-state index contributed by atoms with van der Waals surface area (Å²) < 4.78 is 60.9. The number of esters is 1. The van der Waals surface area contributed by atoms with Crippen LogP contribution < -0.4 is 24.4 Å². The van der Waals surface area contributed by atoms with Gasteiger partial charge in [-0.25, -0.2) is 9.79 Å². The van der Waals surface area contributed by atoms with Gasteiger partial charge in [0, 0.05) is 5.02 Å². The highest BCUT2D eigenvalue weighted by Crippen LogP contribution is 2.38. The normalized spacial score (nSPS) is 15.0. The van der Waals surface area contributed by atoms with Crippen LogP contribution in [0.4, 0.5) is 13.2 Å². The van der Waals surface area contributed by atoms with Crippen LogP contribution in [0.2, 0.25) is 5.02 Å². The van der Waals surface area contributed by atoms with Gasteiger partial charge in [0.2, 0.25) is 0 Å². The number of ether oxygens (including phenoxy) is 3. The number of allylic oxidation sites excluding steroid dienone is 1. The summed E-state index contributed by atoms with van der Waals surface area (Å²) in [4.78, 5) is 30.4. The van der Waals surface area contributed by atoms with Crippen LogP contribution in [0.3, 0.4) is 0 Å². The minimum Gasteiger partial charge on any atom is -0.493 e. The number of rotatable bonds is 8. The molecule has 0 N–H and O–H groups in total. The zero-order chi connectivity index (χ0) is 33.3. The number of fused-ring (bicyclic) bond motifs is 1. The summed E-state index contributed by atoms with van der Waals surface area (Å²) >= 11 is 6.82. The zero-order valence-electron chi connectivity index (χ0n) is 25.6. The topological polar surface area (TPSA) is 79.1 Å². The maximum absolute atomic E-state index is 14.4. The molecule has 0 radical (unpaired) electrons. The van der Waals surface area contributed by atoms with Gasteiger partial charge in [-0.2, -0.15) is 13.2 Å². The number of thiazole rings is 1. The fraction of sp³-hybridized carbons (Fsp3) is 0.265. The minimum absolute atomic E-state index is 0.103. The van der Waals surface area contributed by atoms with E-state index < -0.39 is 35.0 Å². The zero-order valence-corrected chi connectivity index (χ0v) is 27.2. The SMILES string of the molecule is CCOC(=O)C1=C(C(F)(F)F)N=c2s/c(=C\c3ccc(OCc4c(C)cc(C)cc4C)c(OC)c3)c(=O)n2[C@@H]1c1ccc(Cl)cc1. The second-order valence-corrected chi connectivity index (χ2v) is 12.1. The molecule has 12 heteroatoms. The van der Waals surface area contributed by atoms with Crippen LogP contribution in [0.1, 0.15) is 46.3 Å². The van der Waals surface area contributed by atoms with Gasteiger partial charge in [-0.1, -0.05) is 58.8 Å². The van der Waals surface area contributed by atoms with Crippen molar-refractivity contribution in [1.29, 1.82) is 0 Å². The molecular formula is C34H30ClF3N2O5S. The van der Waals surface area contributed by atoms with E-state index in [1.807, 2.05) is 20.8 Å². The van der Waals surface area contributed by atoms with Gasteiger partial charge < -0.3 is 14.2 Å². The third-order valence-corrected chi connectivity index (χ3v) is 8.71. The number of benzene rings is 3. The predicted molar refractivity (Wildman–Crippen MR) is 170 cm³/mol. The summed E-state index contributed by atoms with van der Waals surface area (Å²) in [5, 5.41) is 0.333. The summed E-state index contributed by atoms with van der Waals surface area (Å²) in [7, 11) is 1.49. The Hall–Kier alpha value is -4.35. The molecule has 0 spiro atoms. The van der Waals surface area contributed by atoms with Crippen molar-refractivity contribution in [3.8, 4) is 11.5 Å². The molecular weight excluding hydrogens is 641 g/mol. The van der Waals surface area contributed by atoms with Gasteiger partial charge in [0.1, 0.15) is 6.61 Å². The molecule has 2 heterocycles. The van der Waals surface area contributed by atoms with Gasteiger partial charge in [0.25, 0.3) is 5.56 Å². The van der Waals surface area contributed by atoms with Crippen LogP contribution >= 0.6 is 22.9 Å². The van der Waals surface area contributed by atoms with Gasteiger partial charge in [-0.3, -0.25) is 9.36 Å². The van der Waals surface area contributed by atoms with Crippen molar-refractivity contribution in [3.05, 3.63) is 124 Å². The summed E-state index contributed by atoms with van der Waals surface area (Å²) in [6.45, 7) is 7.72. The van der Waals surface area contributed by atoms with Crippen LogP contribution in [-0.2, 0) is 16.1 Å². The second-order valence-electron chi connectivity index (χ2n) is 10.7. The van der Waals surface area contributed by atoms with Crippen LogP contribution in [0.15, 0.2) is 75.7 Å². The van der Waals surface area contributed by atoms with Crippen molar-refractivity contribution in [2.75, 3.05) is 13.7 Å². The maximum atomic E-state index is 14.4. The van der Waals surface area contributed by atoms with Crippen molar-refractivity contribution in [3.63, 3.8) is 0 Å². The van der Waals surface area contributed by atoms with E-state index in [4.69, 9.17) is 25.8 Å². The van der Waals surface area contributed by atoms with Gasteiger partial charge in [0.05, 0.1) is 29.9 Å². The molecule has 0 saturated carbocycles. The maximum Gasteiger partial charge on any atom is 0.434 e. The minimum atomic E-state index is -5.00. The number of halogens is 4. The van der Waals surface area contributed by atoms with Crippen molar-refractivity contribution in [2.24, 2.45) is 4.99 Å². The fourth-order valence-corrected chi connectivity index (χ4v) is 6.56. The summed E-state index contributed by atoms with van der Waals surface area (Å²) in [5.41, 5.74) is 2.40.